The van der Waals surface area contributed by atoms with Crippen molar-refractivity contribution in [3.05, 3.63) is 35.9 Å². The van der Waals surface area contributed by atoms with Crippen molar-refractivity contribution in [2.45, 2.75) is 37.6 Å². The van der Waals surface area contributed by atoms with Crippen molar-refractivity contribution in [2.24, 2.45) is 10.9 Å². The van der Waals surface area contributed by atoms with E-state index < -0.39 is 0 Å². The van der Waals surface area contributed by atoms with E-state index in [0.717, 1.165) is 12.1 Å². The quantitative estimate of drug-likeness (QED) is 0.323. The molecular weight excluding hydrogens is 226 g/mol. The zero-order valence-corrected chi connectivity index (χ0v) is 10.5. The van der Waals surface area contributed by atoms with Crippen molar-refractivity contribution in [2.75, 3.05) is 6.54 Å². The molecular formula is C14H21N3O. The van der Waals surface area contributed by atoms with E-state index in [0.29, 0.717) is 6.04 Å². The molecule has 1 aromatic rings. The molecule has 4 N–H and O–H groups in total. The Morgan fingerprint density at radius 1 is 1.33 bits per heavy atom. The highest BCUT2D eigenvalue weighted by Gasteiger charge is 2.20. The summed E-state index contributed by atoms with van der Waals surface area (Å²) < 4.78 is 0. The van der Waals surface area contributed by atoms with E-state index in [-0.39, 0.29) is 11.8 Å². The maximum Gasteiger partial charge on any atom is 0.147 e. The number of nitrogens with two attached hydrogens (primary N) is 1. The third-order valence-electron chi connectivity index (χ3n) is 3.64. The van der Waals surface area contributed by atoms with E-state index in [9.17, 15) is 0 Å². The number of hydrogen-bond acceptors (Lipinski definition) is 3. The van der Waals surface area contributed by atoms with Gasteiger partial charge < -0.3 is 16.3 Å². The molecule has 0 bridgehead atoms. The number of amidine groups is 1. The molecule has 0 aromatic heterocycles. The van der Waals surface area contributed by atoms with Crippen LogP contribution in [-0.4, -0.2) is 23.6 Å². The molecule has 2 rings (SSSR count). The maximum absolute atomic E-state index is 8.89. The summed E-state index contributed by atoms with van der Waals surface area (Å²) >= 11 is 0. The van der Waals surface area contributed by atoms with Gasteiger partial charge in [-0.05, 0) is 18.4 Å². The Hall–Kier alpha value is -1.55. The van der Waals surface area contributed by atoms with E-state index in [1.54, 1.807) is 0 Å². The molecule has 1 aromatic carbocycles. The first-order valence-corrected chi connectivity index (χ1v) is 6.57. The lowest BCUT2D eigenvalue weighted by molar-refractivity contribution is 0.315. The predicted octanol–water partition coefficient (Wildman–Crippen LogP) is 2.05. The molecule has 1 fully saturated rings. The largest absolute Gasteiger partial charge is 0.409 e. The lowest BCUT2D eigenvalue weighted by atomic mass is 9.97. The van der Waals surface area contributed by atoms with Gasteiger partial charge in [0.15, 0.2) is 0 Å². The molecule has 1 saturated carbocycles. The summed E-state index contributed by atoms with van der Waals surface area (Å²) in [5.74, 6) is 0.212. The monoisotopic (exact) mass is 247 g/mol. The van der Waals surface area contributed by atoms with Crippen molar-refractivity contribution < 1.29 is 5.21 Å². The number of rotatable bonds is 5. The van der Waals surface area contributed by atoms with Crippen LogP contribution in [0.2, 0.25) is 0 Å². The van der Waals surface area contributed by atoms with Crippen LogP contribution in [0.15, 0.2) is 35.5 Å². The molecule has 0 amide bonds. The Balaban J connectivity index is 2.01. The Bertz CT molecular complexity index is 385. The van der Waals surface area contributed by atoms with Gasteiger partial charge in [0, 0.05) is 12.6 Å². The van der Waals surface area contributed by atoms with Crippen molar-refractivity contribution in [1.82, 2.24) is 5.32 Å². The lowest BCUT2D eigenvalue weighted by Crippen LogP contribution is -2.36. The molecule has 0 spiro atoms. The second-order valence-electron chi connectivity index (χ2n) is 4.88. The summed E-state index contributed by atoms with van der Waals surface area (Å²) in [7, 11) is 0. The average Bonchev–Trinajstić information content (AvgIpc) is 2.93. The number of nitrogens with one attached hydrogen (secondary N) is 1. The summed E-state index contributed by atoms with van der Waals surface area (Å²) in [5.41, 5.74) is 6.88. The number of oxime groups is 1. The van der Waals surface area contributed by atoms with Gasteiger partial charge in [-0.15, -0.1) is 0 Å². The van der Waals surface area contributed by atoms with Crippen LogP contribution >= 0.6 is 0 Å². The summed E-state index contributed by atoms with van der Waals surface area (Å²) in [4.78, 5) is 0. The maximum atomic E-state index is 8.89. The van der Waals surface area contributed by atoms with E-state index in [4.69, 9.17) is 10.9 Å². The van der Waals surface area contributed by atoms with Gasteiger partial charge in [0.05, 0.1) is 5.92 Å². The first kappa shape index (κ1) is 12.9. The zero-order valence-electron chi connectivity index (χ0n) is 10.5. The third-order valence-corrected chi connectivity index (χ3v) is 3.64. The fraction of sp³-hybridized carbons (Fsp3) is 0.500. The molecule has 98 valence electrons. The number of hydrogen-bond donors (Lipinski definition) is 3. The van der Waals surface area contributed by atoms with E-state index >= 15 is 0 Å². The summed E-state index contributed by atoms with van der Waals surface area (Å²) in [6.45, 7) is 0.727. The Labute approximate surface area is 108 Å². The molecule has 0 heterocycles. The molecule has 0 radical (unpaired) electrons. The van der Waals surface area contributed by atoms with Crippen LogP contribution < -0.4 is 11.1 Å². The van der Waals surface area contributed by atoms with Gasteiger partial charge in [0.2, 0.25) is 0 Å². The minimum atomic E-state index is -0.0585. The van der Waals surface area contributed by atoms with Crippen LogP contribution in [0.3, 0.4) is 0 Å². The molecule has 1 unspecified atom stereocenters. The highest BCUT2D eigenvalue weighted by molar-refractivity contribution is 5.87. The highest BCUT2D eigenvalue weighted by Crippen LogP contribution is 2.20. The van der Waals surface area contributed by atoms with Gasteiger partial charge in [0.1, 0.15) is 5.84 Å². The lowest BCUT2D eigenvalue weighted by Gasteiger charge is -2.19. The van der Waals surface area contributed by atoms with Gasteiger partial charge in [0.25, 0.3) is 0 Å². The van der Waals surface area contributed by atoms with Crippen molar-refractivity contribution in [1.29, 1.82) is 0 Å². The average molecular weight is 247 g/mol. The molecule has 0 saturated heterocycles. The second-order valence-corrected chi connectivity index (χ2v) is 4.88. The van der Waals surface area contributed by atoms with Crippen molar-refractivity contribution >= 4 is 5.84 Å². The van der Waals surface area contributed by atoms with Gasteiger partial charge in [-0.25, -0.2) is 0 Å². The highest BCUT2D eigenvalue weighted by atomic mass is 16.4. The topological polar surface area (TPSA) is 70.6 Å². The molecule has 1 atom stereocenters. The zero-order chi connectivity index (χ0) is 12.8. The SMILES string of the molecule is N/C(=N\O)C(CNC1CCCC1)c1ccccc1. The minimum absolute atomic E-state index is 0.0585. The van der Waals surface area contributed by atoms with Crippen LogP contribution in [0.25, 0.3) is 0 Å². The van der Waals surface area contributed by atoms with E-state index in [1.165, 1.54) is 25.7 Å². The fourth-order valence-electron chi connectivity index (χ4n) is 2.56. The molecule has 18 heavy (non-hydrogen) atoms. The van der Waals surface area contributed by atoms with Crippen molar-refractivity contribution in [3.63, 3.8) is 0 Å². The van der Waals surface area contributed by atoms with Crippen molar-refractivity contribution in [3.8, 4) is 0 Å². The summed E-state index contributed by atoms with van der Waals surface area (Å²) in [6.07, 6.45) is 5.07. The summed E-state index contributed by atoms with van der Waals surface area (Å²) in [5, 5.41) is 15.6. The van der Waals surface area contributed by atoms with Crippen LogP contribution in [-0.2, 0) is 0 Å². The Morgan fingerprint density at radius 3 is 2.61 bits per heavy atom. The molecule has 4 nitrogen and oxygen atoms in total. The molecule has 1 aliphatic carbocycles. The van der Waals surface area contributed by atoms with E-state index in [1.807, 2.05) is 30.3 Å². The Morgan fingerprint density at radius 2 is 2.00 bits per heavy atom. The summed E-state index contributed by atoms with van der Waals surface area (Å²) in [6, 6.07) is 10.5. The van der Waals surface area contributed by atoms with Crippen LogP contribution in [0.4, 0.5) is 0 Å². The standard InChI is InChI=1S/C14H21N3O/c15-14(17-18)13(11-6-2-1-3-7-11)10-16-12-8-4-5-9-12/h1-3,6-7,12-13,16,18H,4-5,8-10H2,(H2,15,17). The van der Waals surface area contributed by atoms with Crippen LogP contribution in [0.1, 0.15) is 37.2 Å². The molecule has 1 aliphatic rings. The van der Waals surface area contributed by atoms with Crippen LogP contribution in [0.5, 0.6) is 0 Å². The first-order chi connectivity index (χ1) is 8.81. The van der Waals surface area contributed by atoms with Gasteiger partial charge in [-0.3, -0.25) is 0 Å². The van der Waals surface area contributed by atoms with Gasteiger partial charge in [-0.2, -0.15) is 0 Å². The van der Waals surface area contributed by atoms with Gasteiger partial charge >= 0.3 is 0 Å². The predicted molar refractivity (Wildman–Crippen MR) is 72.9 cm³/mol. The van der Waals surface area contributed by atoms with Crippen LogP contribution in [0, 0.1) is 0 Å². The number of nitrogens with zero attached hydrogens (tertiary/aromatic N) is 1. The minimum Gasteiger partial charge on any atom is -0.409 e. The normalized spacial score (nSPS) is 19.0. The Kier molecular flexibility index (Phi) is 4.59. The van der Waals surface area contributed by atoms with E-state index in [2.05, 4.69) is 10.5 Å². The third kappa shape index (κ3) is 3.23. The molecule has 4 heteroatoms. The fourth-order valence-corrected chi connectivity index (χ4v) is 2.56. The first-order valence-electron chi connectivity index (χ1n) is 6.57. The molecule has 0 aliphatic heterocycles. The smallest absolute Gasteiger partial charge is 0.147 e. The second kappa shape index (κ2) is 6.40. The number of benzene rings is 1. The van der Waals surface area contributed by atoms with Gasteiger partial charge in [-0.1, -0.05) is 48.3 Å².